The standard InChI is InChI=1S/C13H17FN2O5/c1-8(2)11(18)20-7-13(14)5-3-10(21-13)16-6-4-9(17)15-12(16)19/h4,6,8,10H,3,5,7H2,1-2H3,(H,15,17,19)/t10-,13+/m1/s1. The Labute approximate surface area is 119 Å². The van der Waals surface area contributed by atoms with Crippen molar-refractivity contribution in [2.24, 2.45) is 5.92 Å². The number of ether oxygens (including phenoxy) is 2. The predicted octanol–water partition coefficient (Wildman–Crippen LogP) is 0.711. The predicted molar refractivity (Wildman–Crippen MR) is 70.3 cm³/mol. The number of esters is 1. The molecule has 0 aliphatic carbocycles. The Balaban J connectivity index is 2.04. The van der Waals surface area contributed by atoms with E-state index in [1.165, 1.54) is 6.20 Å². The first-order valence-electron chi connectivity index (χ1n) is 6.65. The molecule has 1 aromatic heterocycles. The van der Waals surface area contributed by atoms with E-state index in [-0.39, 0.29) is 18.8 Å². The lowest BCUT2D eigenvalue weighted by molar-refractivity contribution is -0.195. The van der Waals surface area contributed by atoms with E-state index in [4.69, 9.17) is 9.47 Å². The van der Waals surface area contributed by atoms with E-state index in [1.54, 1.807) is 13.8 Å². The number of alkyl halides is 1. The number of rotatable bonds is 4. The van der Waals surface area contributed by atoms with Crippen molar-refractivity contribution in [2.75, 3.05) is 6.61 Å². The Bertz CT molecular complexity index is 638. The molecule has 1 aliphatic rings. The number of aromatic nitrogens is 2. The summed E-state index contributed by atoms with van der Waals surface area (Å²) < 4.78 is 25.5. The van der Waals surface area contributed by atoms with Crippen LogP contribution >= 0.6 is 0 Å². The smallest absolute Gasteiger partial charge is 0.330 e. The van der Waals surface area contributed by atoms with Crippen LogP contribution in [0, 0.1) is 5.92 Å². The lowest BCUT2D eigenvalue weighted by Gasteiger charge is -2.21. The molecular weight excluding hydrogens is 283 g/mol. The monoisotopic (exact) mass is 300 g/mol. The highest BCUT2D eigenvalue weighted by Crippen LogP contribution is 2.37. The highest BCUT2D eigenvalue weighted by molar-refractivity contribution is 5.71. The lowest BCUT2D eigenvalue weighted by Crippen LogP contribution is -2.35. The molecule has 7 nitrogen and oxygen atoms in total. The van der Waals surface area contributed by atoms with Gasteiger partial charge < -0.3 is 9.47 Å². The largest absolute Gasteiger partial charge is 0.459 e. The molecule has 1 saturated heterocycles. The Hall–Kier alpha value is -1.96. The van der Waals surface area contributed by atoms with Crippen molar-refractivity contribution < 1.29 is 18.7 Å². The van der Waals surface area contributed by atoms with Crippen molar-refractivity contribution in [3.8, 4) is 0 Å². The van der Waals surface area contributed by atoms with Gasteiger partial charge in [-0.3, -0.25) is 19.1 Å². The van der Waals surface area contributed by atoms with Gasteiger partial charge in [0, 0.05) is 18.7 Å². The SMILES string of the molecule is CC(C)C(=O)OC[C@]1(F)CC[C@H](n2ccc(=O)[nH]c2=O)O1. The number of carbonyl (C=O) groups is 1. The number of hydrogen-bond acceptors (Lipinski definition) is 5. The highest BCUT2D eigenvalue weighted by atomic mass is 19.2. The maximum absolute atomic E-state index is 14.4. The molecule has 2 heterocycles. The van der Waals surface area contributed by atoms with Crippen molar-refractivity contribution in [1.29, 1.82) is 0 Å². The Morgan fingerprint density at radius 3 is 2.95 bits per heavy atom. The number of nitrogens with one attached hydrogen (secondary N) is 1. The van der Waals surface area contributed by atoms with Crippen molar-refractivity contribution in [1.82, 2.24) is 9.55 Å². The maximum atomic E-state index is 14.4. The second-order valence-electron chi connectivity index (χ2n) is 5.27. The average molecular weight is 300 g/mol. The van der Waals surface area contributed by atoms with Crippen LogP contribution in [-0.4, -0.2) is 28.0 Å². The van der Waals surface area contributed by atoms with Gasteiger partial charge >= 0.3 is 11.7 Å². The first-order valence-corrected chi connectivity index (χ1v) is 6.65. The molecule has 1 N–H and O–H groups in total. The van der Waals surface area contributed by atoms with E-state index in [2.05, 4.69) is 4.98 Å². The molecule has 0 unspecified atom stereocenters. The summed E-state index contributed by atoms with van der Waals surface area (Å²) in [5.74, 6) is -2.99. The van der Waals surface area contributed by atoms with Crippen LogP contribution in [0.15, 0.2) is 21.9 Å². The van der Waals surface area contributed by atoms with Crippen molar-refractivity contribution >= 4 is 5.97 Å². The summed E-state index contributed by atoms with van der Waals surface area (Å²) in [7, 11) is 0. The lowest BCUT2D eigenvalue weighted by atomic mass is 10.2. The summed E-state index contributed by atoms with van der Waals surface area (Å²) in [6.45, 7) is 2.77. The minimum absolute atomic E-state index is 0.00535. The Morgan fingerprint density at radius 2 is 2.33 bits per heavy atom. The Kier molecular flexibility index (Phi) is 4.26. The van der Waals surface area contributed by atoms with Crippen LogP contribution in [0.2, 0.25) is 0 Å². The molecule has 1 fully saturated rings. The molecule has 116 valence electrons. The van der Waals surface area contributed by atoms with Gasteiger partial charge in [-0.1, -0.05) is 13.8 Å². The van der Waals surface area contributed by atoms with E-state index in [0.717, 1.165) is 10.6 Å². The van der Waals surface area contributed by atoms with Crippen LogP contribution in [0.1, 0.15) is 32.9 Å². The molecule has 0 aromatic carbocycles. The quantitative estimate of drug-likeness (QED) is 0.827. The number of aromatic amines is 1. The zero-order chi connectivity index (χ0) is 15.6. The van der Waals surface area contributed by atoms with Gasteiger partial charge in [0.05, 0.1) is 5.92 Å². The van der Waals surface area contributed by atoms with Crippen LogP contribution in [0.5, 0.6) is 0 Å². The van der Waals surface area contributed by atoms with Gasteiger partial charge in [-0.2, -0.15) is 0 Å². The summed E-state index contributed by atoms with van der Waals surface area (Å²) in [5.41, 5.74) is -1.21. The van der Waals surface area contributed by atoms with Crippen LogP contribution in [-0.2, 0) is 14.3 Å². The molecular formula is C13H17FN2O5. The third-order valence-corrected chi connectivity index (χ3v) is 3.17. The van der Waals surface area contributed by atoms with Crippen LogP contribution in [0.3, 0.4) is 0 Å². The van der Waals surface area contributed by atoms with Gasteiger partial charge in [0.25, 0.3) is 5.56 Å². The van der Waals surface area contributed by atoms with E-state index < -0.39 is 35.9 Å². The summed E-state index contributed by atoms with van der Waals surface area (Å²) in [4.78, 5) is 36.0. The number of halogens is 1. The molecule has 0 amide bonds. The minimum atomic E-state index is -2.12. The average Bonchev–Trinajstić information content (AvgIpc) is 2.79. The zero-order valence-corrected chi connectivity index (χ0v) is 11.8. The Morgan fingerprint density at radius 1 is 1.62 bits per heavy atom. The molecule has 0 radical (unpaired) electrons. The van der Waals surface area contributed by atoms with Crippen LogP contribution in [0.4, 0.5) is 4.39 Å². The molecule has 0 bridgehead atoms. The number of hydrogen-bond donors (Lipinski definition) is 1. The fraction of sp³-hybridized carbons (Fsp3) is 0.615. The van der Waals surface area contributed by atoms with E-state index in [9.17, 15) is 18.8 Å². The third kappa shape index (κ3) is 3.57. The summed E-state index contributed by atoms with van der Waals surface area (Å²) >= 11 is 0. The van der Waals surface area contributed by atoms with Crippen molar-refractivity contribution in [2.45, 2.75) is 38.8 Å². The molecule has 2 atom stereocenters. The summed E-state index contributed by atoms with van der Waals surface area (Å²) in [6.07, 6.45) is 0.644. The van der Waals surface area contributed by atoms with Crippen molar-refractivity contribution in [3.63, 3.8) is 0 Å². The number of nitrogens with zero attached hydrogens (tertiary/aromatic N) is 1. The minimum Gasteiger partial charge on any atom is -0.459 e. The number of carbonyl (C=O) groups excluding carboxylic acids is 1. The van der Waals surface area contributed by atoms with Gasteiger partial charge in [-0.05, 0) is 6.42 Å². The van der Waals surface area contributed by atoms with Crippen LogP contribution in [0.25, 0.3) is 0 Å². The van der Waals surface area contributed by atoms with Gasteiger partial charge in [0.15, 0.2) is 6.61 Å². The highest BCUT2D eigenvalue weighted by Gasteiger charge is 2.43. The fourth-order valence-electron chi connectivity index (χ4n) is 2.00. The summed E-state index contributed by atoms with van der Waals surface area (Å²) in [6, 6.07) is 1.15. The molecule has 1 aromatic rings. The van der Waals surface area contributed by atoms with Gasteiger partial charge in [0.2, 0.25) is 5.85 Å². The molecule has 1 aliphatic heterocycles. The topological polar surface area (TPSA) is 90.4 Å². The maximum Gasteiger partial charge on any atom is 0.330 e. The van der Waals surface area contributed by atoms with E-state index in [1.807, 2.05) is 0 Å². The molecule has 0 saturated carbocycles. The van der Waals surface area contributed by atoms with Gasteiger partial charge in [-0.15, -0.1) is 0 Å². The first kappa shape index (κ1) is 15.4. The van der Waals surface area contributed by atoms with E-state index >= 15 is 0 Å². The number of H-pyrrole nitrogens is 1. The molecule has 0 spiro atoms. The molecule has 8 heteroatoms. The third-order valence-electron chi connectivity index (χ3n) is 3.17. The van der Waals surface area contributed by atoms with Gasteiger partial charge in [0.1, 0.15) is 6.23 Å². The first-order chi connectivity index (χ1) is 9.81. The summed E-state index contributed by atoms with van der Waals surface area (Å²) in [5, 5.41) is 0. The van der Waals surface area contributed by atoms with Crippen molar-refractivity contribution in [3.05, 3.63) is 33.1 Å². The van der Waals surface area contributed by atoms with Crippen LogP contribution < -0.4 is 11.2 Å². The normalized spacial score (nSPS) is 25.2. The molecule has 2 rings (SSSR count). The fourth-order valence-corrected chi connectivity index (χ4v) is 2.00. The zero-order valence-electron chi connectivity index (χ0n) is 11.8. The second-order valence-corrected chi connectivity index (χ2v) is 5.27. The molecule has 21 heavy (non-hydrogen) atoms. The van der Waals surface area contributed by atoms with E-state index in [0.29, 0.717) is 0 Å². The second kappa shape index (κ2) is 5.80. The van der Waals surface area contributed by atoms with Gasteiger partial charge in [-0.25, -0.2) is 9.18 Å².